The van der Waals surface area contributed by atoms with Gasteiger partial charge < -0.3 is 15.1 Å². The van der Waals surface area contributed by atoms with Gasteiger partial charge in [-0.25, -0.2) is 22.0 Å². The Kier molecular flexibility index (Phi) is 11.3. The second kappa shape index (κ2) is 13.9. The van der Waals surface area contributed by atoms with Gasteiger partial charge in [0.1, 0.15) is 4.90 Å². The molecule has 8 nitrogen and oxygen atoms in total. The van der Waals surface area contributed by atoms with Crippen molar-refractivity contribution in [1.29, 1.82) is 0 Å². The number of thioether (sulfide) groups is 1. The number of likely N-dealkylation sites (tertiary alicyclic amines) is 1. The number of alkyl halides is 3. The molecule has 0 bridgehead atoms. The molecule has 1 atom stereocenters. The Bertz CT molecular complexity index is 1320. The fourth-order valence-electron chi connectivity index (χ4n) is 4.55. The molecule has 40 heavy (non-hydrogen) atoms. The lowest BCUT2D eigenvalue weighted by Crippen LogP contribution is -2.38. The second-order valence-electron chi connectivity index (χ2n) is 10.3. The molecule has 1 fully saturated rings. The van der Waals surface area contributed by atoms with Crippen LogP contribution in [0.3, 0.4) is 0 Å². The van der Waals surface area contributed by atoms with Gasteiger partial charge in [0.2, 0.25) is 10.0 Å². The Morgan fingerprint density at radius 2 is 1.73 bits per heavy atom. The third-order valence-electron chi connectivity index (χ3n) is 6.92. The highest BCUT2D eigenvalue weighted by atomic mass is 32.2. The van der Waals surface area contributed by atoms with Crippen LogP contribution in [0.1, 0.15) is 25.7 Å². The SMILES string of the molecule is CN(C)CCC1CCN(CC[C@H](CSc2ccccc2)Nc2ccc(S(N)(=O)=O)cc2S(=O)(=O)C(F)(F)F)CC1. The molecule has 0 spiro atoms. The maximum Gasteiger partial charge on any atom is 0.501 e. The maximum absolute atomic E-state index is 13.5. The molecule has 3 N–H and O–H groups in total. The fraction of sp³-hybridized carbons (Fsp3) is 0.538. The molecule has 1 aliphatic heterocycles. The number of sulfone groups is 1. The Morgan fingerprint density at radius 1 is 1.07 bits per heavy atom. The van der Waals surface area contributed by atoms with Crippen molar-refractivity contribution in [2.45, 2.75) is 51.9 Å². The molecule has 2 aromatic rings. The first-order valence-electron chi connectivity index (χ1n) is 13.0. The van der Waals surface area contributed by atoms with Gasteiger partial charge in [-0.15, -0.1) is 11.8 Å². The molecule has 224 valence electrons. The Balaban J connectivity index is 1.80. The van der Waals surface area contributed by atoms with Crippen LogP contribution < -0.4 is 10.5 Å². The van der Waals surface area contributed by atoms with Crippen molar-refractivity contribution in [3.63, 3.8) is 0 Å². The van der Waals surface area contributed by atoms with Gasteiger partial charge in [-0.05, 0) is 95.7 Å². The molecule has 0 amide bonds. The standard InChI is InChI=1S/C26H37F3N4O4S3/c1-32(2)14-10-20-11-15-33(16-12-20)17-13-21(19-38-22-6-4-3-5-7-22)31-24-9-8-23(40(30,36)37)18-25(24)39(34,35)26(27,28)29/h3-9,18,20-21,31H,10-17,19H2,1-2H3,(H2,30,36,37)/t21-/m1/s1. The third-order valence-corrected chi connectivity index (χ3v) is 10.5. The van der Waals surface area contributed by atoms with Crippen molar-refractivity contribution in [2.24, 2.45) is 11.1 Å². The van der Waals surface area contributed by atoms with Crippen LogP contribution in [-0.4, -0.2) is 84.2 Å². The van der Waals surface area contributed by atoms with E-state index in [-0.39, 0.29) is 5.69 Å². The van der Waals surface area contributed by atoms with E-state index in [0.29, 0.717) is 30.7 Å². The molecule has 1 saturated heterocycles. The average Bonchev–Trinajstić information content (AvgIpc) is 2.89. The molecule has 0 aromatic heterocycles. The highest BCUT2D eigenvalue weighted by Gasteiger charge is 2.48. The van der Waals surface area contributed by atoms with Crippen LogP contribution in [-0.2, 0) is 19.9 Å². The molecule has 1 heterocycles. The van der Waals surface area contributed by atoms with E-state index in [1.807, 2.05) is 30.3 Å². The van der Waals surface area contributed by atoms with E-state index >= 15 is 0 Å². The molecular weight excluding hydrogens is 586 g/mol. The van der Waals surface area contributed by atoms with E-state index in [4.69, 9.17) is 5.14 Å². The highest BCUT2D eigenvalue weighted by molar-refractivity contribution is 7.99. The van der Waals surface area contributed by atoms with Gasteiger partial charge in [-0.2, -0.15) is 13.2 Å². The van der Waals surface area contributed by atoms with Gasteiger partial charge in [0.25, 0.3) is 9.84 Å². The molecular formula is C26H37F3N4O4S3. The molecule has 0 unspecified atom stereocenters. The Morgan fingerprint density at radius 3 is 2.30 bits per heavy atom. The summed E-state index contributed by atoms with van der Waals surface area (Å²) < 4.78 is 89.1. The summed E-state index contributed by atoms with van der Waals surface area (Å²) in [5, 5.41) is 8.07. The minimum absolute atomic E-state index is 0.314. The zero-order valence-corrected chi connectivity index (χ0v) is 25.1. The number of nitrogens with two attached hydrogens (primary N) is 1. The number of piperidine rings is 1. The van der Waals surface area contributed by atoms with Crippen LogP contribution >= 0.6 is 11.8 Å². The summed E-state index contributed by atoms with van der Waals surface area (Å²) in [6.45, 7) is 3.58. The van der Waals surface area contributed by atoms with Crippen LogP contribution in [0.15, 0.2) is 63.2 Å². The maximum atomic E-state index is 13.5. The minimum atomic E-state index is -5.86. The molecule has 0 saturated carbocycles. The highest BCUT2D eigenvalue weighted by Crippen LogP contribution is 2.36. The zero-order chi connectivity index (χ0) is 29.6. The van der Waals surface area contributed by atoms with Crippen molar-refractivity contribution < 1.29 is 30.0 Å². The van der Waals surface area contributed by atoms with Crippen molar-refractivity contribution in [3.05, 3.63) is 48.5 Å². The lowest BCUT2D eigenvalue weighted by atomic mass is 9.93. The largest absolute Gasteiger partial charge is 0.501 e. The lowest BCUT2D eigenvalue weighted by molar-refractivity contribution is -0.0435. The zero-order valence-electron chi connectivity index (χ0n) is 22.6. The van der Waals surface area contributed by atoms with E-state index in [1.54, 1.807) is 0 Å². The number of sulfonamides is 1. The predicted molar refractivity (Wildman–Crippen MR) is 153 cm³/mol. The summed E-state index contributed by atoms with van der Waals surface area (Å²) in [6.07, 6.45) is 3.84. The van der Waals surface area contributed by atoms with E-state index in [2.05, 4.69) is 29.2 Å². The fourth-order valence-corrected chi connectivity index (χ4v) is 7.11. The first-order valence-corrected chi connectivity index (χ1v) is 17.0. The van der Waals surface area contributed by atoms with Crippen molar-refractivity contribution in [3.8, 4) is 0 Å². The molecule has 0 radical (unpaired) electrons. The number of hydrogen-bond acceptors (Lipinski definition) is 8. The van der Waals surface area contributed by atoms with Gasteiger partial charge in [0.15, 0.2) is 0 Å². The molecule has 2 aromatic carbocycles. The third kappa shape index (κ3) is 9.35. The average molecular weight is 623 g/mol. The number of primary sulfonamides is 1. The minimum Gasteiger partial charge on any atom is -0.380 e. The first kappa shape index (κ1) is 32.7. The number of nitrogens with one attached hydrogen (secondary N) is 1. The summed E-state index contributed by atoms with van der Waals surface area (Å²) in [5.74, 6) is 1.11. The topological polar surface area (TPSA) is 113 Å². The summed E-state index contributed by atoms with van der Waals surface area (Å²) in [7, 11) is -6.17. The van der Waals surface area contributed by atoms with Crippen molar-refractivity contribution in [2.75, 3.05) is 51.3 Å². The molecule has 3 rings (SSSR count). The van der Waals surface area contributed by atoms with Crippen molar-refractivity contribution in [1.82, 2.24) is 9.80 Å². The van der Waals surface area contributed by atoms with E-state index in [0.717, 1.165) is 55.9 Å². The Labute approximate surface area is 239 Å². The van der Waals surface area contributed by atoms with Crippen LogP contribution in [0, 0.1) is 5.92 Å². The Hall–Kier alpha value is -1.84. The number of benzene rings is 2. The smallest absolute Gasteiger partial charge is 0.380 e. The predicted octanol–water partition coefficient (Wildman–Crippen LogP) is 4.25. The summed E-state index contributed by atoms with van der Waals surface area (Å²) >= 11 is 1.50. The molecule has 14 heteroatoms. The van der Waals surface area contributed by atoms with E-state index in [1.165, 1.54) is 11.8 Å². The number of anilines is 1. The normalized spacial score (nSPS) is 16.8. The number of halogens is 3. The lowest BCUT2D eigenvalue weighted by Gasteiger charge is -2.33. The quantitative estimate of drug-likeness (QED) is 0.319. The van der Waals surface area contributed by atoms with E-state index in [9.17, 15) is 30.0 Å². The molecule has 0 aliphatic carbocycles. The van der Waals surface area contributed by atoms with Crippen LogP contribution in [0.25, 0.3) is 0 Å². The van der Waals surface area contributed by atoms with Gasteiger partial charge in [-0.3, -0.25) is 0 Å². The summed E-state index contributed by atoms with van der Waals surface area (Å²) in [5.41, 5.74) is -5.93. The molecule has 1 aliphatic rings. The van der Waals surface area contributed by atoms with Gasteiger partial charge in [0, 0.05) is 23.2 Å². The number of nitrogens with zero attached hydrogens (tertiary/aromatic N) is 2. The van der Waals surface area contributed by atoms with Crippen LogP contribution in [0.2, 0.25) is 0 Å². The van der Waals surface area contributed by atoms with Gasteiger partial charge in [0.05, 0.1) is 10.6 Å². The first-order chi connectivity index (χ1) is 18.7. The summed E-state index contributed by atoms with van der Waals surface area (Å²) in [6, 6.07) is 11.6. The monoisotopic (exact) mass is 622 g/mol. The second-order valence-corrected chi connectivity index (χ2v) is 14.8. The van der Waals surface area contributed by atoms with Gasteiger partial charge in [-0.1, -0.05) is 18.2 Å². The van der Waals surface area contributed by atoms with Gasteiger partial charge >= 0.3 is 5.51 Å². The number of hydrogen-bond donors (Lipinski definition) is 2. The van der Waals surface area contributed by atoms with Crippen LogP contribution in [0.5, 0.6) is 0 Å². The van der Waals surface area contributed by atoms with Crippen molar-refractivity contribution >= 4 is 37.3 Å². The van der Waals surface area contributed by atoms with E-state index < -0.39 is 41.2 Å². The van der Waals surface area contributed by atoms with Crippen LogP contribution in [0.4, 0.5) is 18.9 Å². The summed E-state index contributed by atoms with van der Waals surface area (Å²) in [4.78, 5) is 3.58. The number of rotatable bonds is 13.